The summed E-state index contributed by atoms with van der Waals surface area (Å²) in [4.78, 5) is 0. The summed E-state index contributed by atoms with van der Waals surface area (Å²) in [5.41, 5.74) is 0. The zero-order valence-electron chi connectivity index (χ0n) is 1.79. The molecule has 2 radical (unpaired) electrons. The van der Waals surface area contributed by atoms with Crippen LogP contribution in [-0.2, 0) is 50.9 Å². The summed E-state index contributed by atoms with van der Waals surface area (Å²) in [5, 5.41) is 0. The molecule has 30 valence electrons. The molecule has 0 aliphatic heterocycles. The third kappa shape index (κ3) is 8.84. The van der Waals surface area contributed by atoms with E-state index in [4.69, 9.17) is 0 Å². The summed E-state index contributed by atoms with van der Waals surface area (Å²) in [5.74, 6) is 0. The Labute approximate surface area is 74.0 Å². The molecule has 0 atom stereocenters. The standard InChI is InChI=1S/Cr.Fe.Ni.Sn.2H. The van der Waals surface area contributed by atoms with Gasteiger partial charge in [0.05, 0.1) is 0 Å². The third-order valence-electron chi connectivity index (χ3n) is 0. The van der Waals surface area contributed by atoms with Crippen LogP contribution in [0.3, 0.4) is 0 Å². The van der Waals surface area contributed by atoms with Gasteiger partial charge in [-0.05, 0) is 0 Å². The number of hydrogen-bond donors (Lipinski definition) is 0. The molecular weight excluding hydrogens is 285 g/mol. The molecule has 0 heterocycles. The second kappa shape index (κ2) is 18.4. The van der Waals surface area contributed by atoms with Crippen LogP contribution >= 0.6 is 0 Å². The molecular formula is H2CrFeNiSn. The quantitative estimate of drug-likeness (QED) is 0.505. The van der Waals surface area contributed by atoms with Gasteiger partial charge < -0.3 is 0 Å². The Balaban J connectivity index is 0. The van der Waals surface area contributed by atoms with E-state index in [0.717, 1.165) is 0 Å². The molecule has 0 saturated carbocycles. The van der Waals surface area contributed by atoms with Crippen molar-refractivity contribution in [2.45, 2.75) is 0 Å². The van der Waals surface area contributed by atoms with Crippen LogP contribution in [0.5, 0.6) is 0 Å². The summed E-state index contributed by atoms with van der Waals surface area (Å²) in [7, 11) is 0. The Morgan fingerprint density at radius 2 is 1.00 bits per heavy atom. The van der Waals surface area contributed by atoms with Gasteiger partial charge in [-0.1, -0.05) is 0 Å². The monoisotopic (exact) mass is 288 g/mol. The molecule has 0 aromatic carbocycles. The van der Waals surface area contributed by atoms with Crippen LogP contribution in [0.15, 0.2) is 0 Å². The van der Waals surface area contributed by atoms with Crippen LogP contribution in [0.2, 0.25) is 0 Å². The molecule has 0 N–H and O–H groups in total. The molecule has 4 heteroatoms. The van der Waals surface area contributed by atoms with E-state index in [0.29, 0.717) is 0 Å². The van der Waals surface area contributed by atoms with Crippen LogP contribution in [0.25, 0.3) is 0 Å². The van der Waals surface area contributed by atoms with E-state index in [1.165, 1.54) is 0 Å². The van der Waals surface area contributed by atoms with E-state index in [-0.39, 0.29) is 74.8 Å². The minimum atomic E-state index is 0. The molecule has 4 heavy (non-hydrogen) atoms. The molecule has 0 fully saturated rings. The van der Waals surface area contributed by atoms with Crippen LogP contribution in [0.4, 0.5) is 0 Å². The fourth-order valence-corrected chi connectivity index (χ4v) is 0. The van der Waals surface area contributed by atoms with E-state index >= 15 is 0 Å². The maximum atomic E-state index is 0. The third-order valence-corrected chi connectivity index (χ3v) is 0. The van der Waals surface area contributed by atoms with E-state index in [2.05, 4.69) is 0 Å². The summed E-state index contributed by atoms with van der Waals surface area (Å²) >= 11 is 0. The summed E-state index contributed by atoms with van der Waals surface area (Å²) in [6.07, 6.45) is 0. The van der Waals surface area contributed by atoms with Crippen molar-refractivity contribution < 1.29 is 50.9 Å². The van der Waals surface area contributed by atoms with Crippen molar-refractivity contribution in [3.05, 3.63) is 0 Å². The summed E-state index contributed by atoms with van der Waals surface area (Å²) < 4.78 is 0. The van der Waals surface area contributed by atoms with E-state index in [1.54, 1.807) is 0 Å². The predicted molar refractivity (Wildman–Crippen MR) is 8.54 cm³/mol. The summed E-state index contributed by atoms with van der Waals surface area (Å²) in [6, 6.07) is 0. The minimum absolute atomic E-state index is 0. The van der Waals surface area contributed by atoms with Gasteiger partial charge in [0.2, 0.25) is 0 Å². The van der Waals surface area contributed by atoms with E-state index in [9.17, 15) is 0 Å². The van der Waals surface area contributed by atoms with Gasteiger partial charge in [0.25, 0.3) is 0 Å². The predicted octanol–water partition coefficient (Wildman–Crippen LogP) is -0.924. The molecule has 0 unspecified atom stereocenters. The first-order chi connectivity index (χ1) is 0. The van der Waals surface area contributed by atoms with E-state index < -0.39 is 0 Å². The Morgan fingerprint density at radius 3 is 1.00 bits per heavy atom. The Bertz CT molecular complexity index is 8.00. The molecule has 0 aliphatic carbocycles. The van der Waals surface area contributed by atoms with Gasteiger partial charge >= 0.3 is 23.9 Å². The van der Waals surface area contributed by atoms with Crippen LogP contribution in [0.1, 0.15) is 0 Å². The first kappa shape index (κ1) is 33.0. The van der Waals surface area contributed by atoms with Crippen molar-refractivity contribution in [2.24, 2.45) is 0 Å². The van der Waals surface area contributed by atoms with Gasteiger partial charge in [-0.25, -0.2) is 0 Å². The van der Waals surface area contributed by atoms with E-state index in [1.807, 2.05) is 0 Å². The van der Waals surface area contributed by atoms with Crippen LogP contribution in [0, 0.1) is 0 Å². The van der Waals surface area contributed by atoms with Crippen LogP contribution in [-0.4, -0.2) is 23.9 Å². The van der Waals surface area contributed by atoms with Gasteiger partial charge in [-0.3, -0.25) is 0 Å². The van der Waals surface area contributed by atoms with Crippen molar-refractivity contribution in [1.29, 1.82) is 0 Å². The fourth-order valence-electron chi connectivity index (χ4n) is 0. The first-order valence-electron chi connectivity index (χ1n) is 0. The topological polar surface area (TPSA) is 0 Å². The maximum absolute atomic E-state index is 0. The molecule has 0 bridgehead atoms. The molecule has 0 aliphatic rings. The molecule has 0 spiro atoms. The molecule has 0 saturated heterocycles. The average molecular weight is 287 g/mol. The zero-order chi connectivity index (χ0) is 0. The fraction of sp³-hybridized carbons (Fsp3) is 0. The Hall–Kier alpha value is 2.34. The summed E-state index contributed by atoms with van der Waals surface area (Å²) in [6.45, 7) is 0. The van der Waals surface area contributed by atoms with Crippen molar-refractivity contribution in [3.63, 3.8) is 0 Å². The number of hydrogen-bond acceptors (Lipinski definition) is 0. The van der Waals surface area contributed by atoms with Crippen molar-refractivity contribution >= 4 is 23.9 Å². The van der Waals surface area contributed by atoms with Crippen molar-refractivity contribution in [3.8, 4) is 0 Å². The molecule has 0 rings (SSSR count). The Morgan fingerprint density at radius 1 is 1.00 bits per heavy atom. The van der Waals surface area contributed by atoms with Gasteiger partial charge in [0.15, 0.2) is 0 Å². The molecule has 0 amide bonds. The second-order valence-electron chi connectivity index (χ2n) is 0. The first-order valence-corrected chi connectivity index (χ1v) is 0. The number of rotatable bonds is 0. The molecule has 0 aromatic heterocycles. The normalized spacial score (nSPS) is 0. The van der Waals surface area contributed by atoms with Gasteiger partial charge in [-0.15, -0.1) is 0 Å². The van der Waals surface area contributed by atoms with Gasteiger partial charge in [-0.2, -0.15) is 0 Å². The van der Waals surface area contributed by atoms with Gasteiger partial charge in [0, 0.05) is 50.9 Å². The van der Waals surface area contributed by atoms with Gasteiger partial charge in [0.1, 0.15) is 0 Å². The SMILES string of the molecule is [Cr].[Fe].[Ni].[SnH2]. The molecule has 0 aromatic rings. The second-order valence-corrected chi connectivity index (χ2v) is 0. The van der Waals surface area contributed by atoms with Crippen LogP contribution < -0.4 is 0 Å². The van der Waals surface area contributed by atoms with Crippen molar-refractivity contribution in [1.82, 2.24) is 0 Å². The Kier molecular flexibility index (Phi) is 151. The average Bonchev–Trinajstić information content (AvgIpc) is 0. The molecule has 0 nitrogen and oxygen atoms in total. The van der Waals surface area contributed by atoms with Crippen molar-refractivity contribution in [2.75, 3.05) is 0 Å². The zero-order valence-corrected chi connectivity index (χ0v) is 9.19.